The van der Waals surface area contributed by atoms with Crippen molar-refractivity contribution >= 4 is 45.2 Å². The maximum absolute atomic E-state index is 13.1. The molecule has 0 atom stereocenters. The molecule has 29 heavy (non-hydrogen) atoms. The molecule has 2 heterocycles. The topological polar surface area (TPSA) is 64.8 Å². The number of rotatable bonds is 4. The average Bonchev–Trinajstić information content (AvgIpc) is 3.13. The van der Waals surface area contributed by atoms with Crippen molar-refractivity contribution in [3.05, 3.63) is 58.8 Å². The Labute approximate surface area is 172 Å². The summed E-state index contributed by atoms with van der Waals surface area (Å²) in [6, 6.07) is 12.9. The van der Waals surface area contributed by atoms with Crippen LogP contribution in [0.4, 0.5) is 5.69 Å². The van der Waals surface area contributed by atoms with Crippen molar-refractivity contribution in [2.45, 2.75) is 6.92 Å². The Morgan fingerprint density at radius 3 is 2.52 bits per heavy atom. The van der Waals surface area contributed by atoms with Crippen LogP contribution in [0.1, 0.15) is 16.1 Å². The highest BCUT2D eigenvalue weighted by molar-refractivity contribution is 6.32. The summed E-state index contributed by atoms with van der Waals surface area (Å²) in [5.41, 5.74) is 2.84. The standard InChI is InChI=1S/C22H19ClN2O4/c1-12-5-6-13-8-14-9-20(29-21(14)24-16(13)7-12)22(26)25(2)17-10-15(23)18(27-3)11-19(17)28-4/h5-11H,1-4H3. The minimum absolute atomic E-state index is 0.177. The number of nitrogens with zero attached hydrogens (tertiary/aromatic N) is 2. The molecular weight excluding hydrogens is 392 g/mol. The van der Waals surface area contributed by atoms with Gasteiger partial charge in [-0.25, -0.2) is 4.98 Å². The number of aryl methyl sites for hydroxylation is 1. The van der Waals surface area contributed by atoms with Crippen LogP contribution in [-0.2, 0) is 0 Å². The van der Waals surface area contributed by atoms with Crippen molar-refractivity contribution in [3.8, 4) is 11.5 Å². The van der Waals surface area contributed by atoms with E-state index in [9.17, 15) is 4.79 Å². The van der Waals surface area contributed by atoms with Crippen molar-refractivity contribution in [2.24, 2.45) is 0 Å². The summed E-state index contributed by atoms with van der Waals surface area (Å²) in [4.78, 5) is 19.0. The quantitative estimate of drug-likeness (QED) is 0.460. The normalized spacial score (nSPS) is 11.1. The van der Waals surface area contributed by atoms with Gasteiger partial charge in [0.25, 0.3) is 5.91 Å². The monoisotopic (exact) mass is 410 g/mol. The first-order chi connectivity index (χ1) is 13.9. The van der Waals surface area contributed by atoms with Crippen LogP contribution in [-0.4, -0.2) is 32.2 Å². The van der Waals surface area contributed by atoms with Crippen molar-refractivity contribution in [1.82, 2.24) is 4.98 Å². The Kier molecular flexibility index (Phi) is 4.80. The highest BCUT2D eigenvalue weighted by atomic mass is 35.5. The first-order valence-electron chi connectivity index (χ1n) is 8.92. The summed E-state index contributed by atoms with van der Waals surface area (Å²) in [7, 11) is 4.66. The van der Waals surface area contributed by atoms with E-state index in [-0.39, 0.29) is 11.7 Å². The number of benzene rings is 2. The van der Waals surface area contributed by atoms with Gasteiger partial charge in [0.15, 0.2) is 5.76 Å². The van der Waals surface area contributed by atoms with Crippen LogP contribution in [0.15, 0.2) is 46.9 Å². The molecule has 0 bridgehead atoms. The van der Waals surface area contributed by atoms with E-state index in [4.69, 9.17) is 25.5 Å². The van der Waals surface area contributed by atoms with Gasteiger partial charge in [-0.05, 0) is 36.8 Å². The number of halogens is 1. The molecule has 0 N–H and O–H groups in total. The third-order valence-electron chi connectivity index (χ3n) is 4.79. The molecule has 0 saturated carbocycles. The molecule has 4 rings (SSSR count). The van der Waals surface area contributed by atoms with Gasteiger partial charge in [0.2, 0.25) is 5.71 Å². The van der Waals surface area contributed by atoms with E-state index >= 15 is 0 Å². The number of fused-ring (bicyclic) bond motifs is 2. The SMILES string of the molecule is COc1cc(OC)c(N(C)C(=O)c2cc3cc4ccc(C)cc4nc3o2)cc1Cl. The average molecular weight is 411 g/mol. The van der Waals surface area contributed by atoms with E-state index in [1.165, 1.54) is 19.1 Å². The molecule has 0 spiro atoms. The first-order valence-corrected chi connectivity index (χ1v) is 9.29. The van der Waals surface area contributed by atoms with Crippen LogP contribution in [0.25, 0.3) is 22.0 Å². The summed E-state index contributed by atoms with van der Waals surface area (Å²) in [6.07, 6.45) is 0. The predicted molar refractivity (Wildman–Crippen MR) is 114 cm³/mol. The first kappa shape index (κ1) is 19.1. The number of hydrogen-bond donors (Lipinski definition) is 0. The lowest BCUT2D eigenvalue weighted by atomic mass is 10.1. The Morgan fingerprint density at radius 1 is 1.03 bits per heavy atom. The highest BCUT2D eigenvalue weighted by Crippen LogP contribution is 2.38. The van der Waals surface area contributed by atoms with E-state index in [2.05, 4.69) is 4.98 Å². The number of hydrogen-bond acceptors (Lipinski definition) is 5. The van der Waals surface area contributed by atoms with E-state index in [0.717, 1.165) is 21.9 Å². The number of amides is 1. The fourth-order valence-corrected chi connectivity index (χ4v) is 3.46. The third kappa shape index (κ3) is 3.36. The highest BCUT2D eigenvalue weighted by Gasteiger charge is 2.23. The third-order valence-corrected chi connectivity index (χ3v) is 5.08. The van der Waals surface area contributed by atoms with Crippen LogP contribution in [0.2, 0.25) is 5.02 Å². The number of pyridine rings is 1. The Hall–Kier alpha value is -3.25. The molecule has 4 aromatic rings. The molecule has 2 aromatic heterocycles. The second kappa shape index (κ2) is 7.29. The predicted octanol–water partition coefficient (Wildman–Crippen LogP) is 5.24. The largest absolute Gasteiger partial charge is 0.495 e. The van der Waals surface area contributed by atoms with Gasteiger partial charge >= 0.3 is 0 Å². The molecule has 1 amide bonds. The fraction of sp³-hybridized carbons (Fsp3) is 0.182. The Balaban J connectivity index is 1.75. The number of furan rings is 1. The van der Waals surface area contributed by atoms with Crippen LogP contribution in [0.3, 0.4) is 0 Å². The summed E-state index contributed by atoms with van der Waals surface area (Å²) in [5.74, 6) is 0.749. The minimum Gasteiger partial charge on any atom is -0.495 e. The zero-order chi connectivity index (χ0) is 20.7. The molecule has 148 valence electrons. The Bertz CT molecular complexity index is 1250. The summed E-state index contributed by atoms with van der Waals surface area (Å²) in [5, 5.41) is 2.12. The van der Waals surface area contributed by atoms with Crippen LogP contribution in [0.5, 0.6) is 11.5 Å². The van der Waals surface area contributed by atoms with Crippen LogP contribution >= 0.6 is 11.6 Å². The van der Waals surface area contributed by atoms with E-state index in [1.807, 2.05) is 31.2 Å². The van der Waals surface area contributed by atoms with Gasteiger partial charge in [-0.1, -0.05) is 23.7 Å². The summed E-state index contributed by atoms with van der Waals surface area (Å²) in [6.45, 7) is 2.00. The lowest BCUT2D eigenvalue weighted by molar-refractivity contribution is 0.0967. The maximum Gasteiger partial charge on any atom is 0.293 e. The molecule has 0 unspecified atom stereocenters. The lowest BCUT2D eigenvalue weighted by Gasteiger charge is -2.20. The van der Waals surface area contributed by atoms with Gasteiger partial charge in [-0.15, -0.1) is 0 Å². The second-order valence-corrected chi connectivity index (χ2v) is 7.12. The molecule has 0 aliphatic carbocycles. The lowest BCUT2D eigenvalue weighted by Crippen LogP contribution is -2.26. The van der Waals surface area contributed by atoms with Crippen molar-refractivity contribution in [3.63, 3.8) is 0 Å². The molecule has 0 fully saturated rings. The number of anilines is 1. The molecule has 6 nitrogen and oxygen atoms in total. The van der Waals surface area contributed by atoms with Crippen molar-refractivity contribution < 1.29 is 18.7 Å². The number of aromatic nitrogens is 1. The molecule has 0 aliphatic heterocycles. The van der Waals surface area contributed by atoms with Crippen molar-refractivity contribution in [1.29, 1.82) is 0 Å². The van der Waals surface area contributed by atoms with Crippen LogP contribution < -0.4 is 14.4 Å². The van der Waals surface area contributed by atoms with E-state index in [1.54, 1.807) is 25.2 Å². The smallest absolute Gasteiger partial charge is 0.293 e. The molecule has 2 aromatic carbocycles. The fourth-order valence-electron chi connectivity index (χ4n) is 3.22. The van der Waals surface area contributed by atoms with Crippen LogP contribution in [0, 0.1) is 6.92 Å². The Morgan fingerprint density at radius 2 is 1.79 bits per heavy atom. The maximum atomic E-state index is 13.1. The number of carbonyl (C=O) groups excluding carboxylic acids is 1. The molecule has 0 radical (unpaired) electrons. The van der Waals surface area contributed by atoms with Gasteiger partial charge in [-0.2, -0.15) is 0 Å². The molecular formula is C22H19ClN2O4. The van der Waals surface area contributed by atoms with Gasteiger partial charge in [0.05, 0.1) is 30.4 Å². The minimum atomic E-state index is -0.345. The van der Waals surface area contributed by atoms with Gasteiger partial charge < -0.3 is 18.8 Å². The van der Waals surface area contributed by atoms with Gasteiger partial charge in [0, 0.05) is 23.9 Å². The number of carbonyl (C=O) groups is 1. The summed E-state index contributed by atoms with van der Waals surface area (Å²) < 4.78 is 16.4. The zero-order valence-electron chi connectivity index (χ0n) is 16.4. The van der Waals surface area contributed by atoms with Gasteiger partial charge in [0.1, 0.15) is 11.5 Å². The summed E-state index contributed by atoms with van der Waals surface area (Å²) >= 11 is 6.24. The zero-order valence-corrected chi connectivity index (χ0v) is 17.2. The van der Waals surface area contributed by atoms with E-state index in [0.29, 0.717) is 27.9 Å². The van der Waals surface area contributed by atoms with Gasteiger partial charge in [-0.3, -0.25) is 4.79 Å². The van der Waals surface area contributed by atoms with E-state index < -0.39 is 0 Å². The molecule has 0 saturated heterocycles. The number of ether oxygens (including phenoxy) is 2. The number of methoxy groups -OCH3 is 2. The molecule has 7 heteroatoms. The second-order valence-electron chi connectivity index (χ2n) is 6.71. The molecule has 0 aliphatic rings. The van der Waals surface area contributed by atoms with Crippen molar-refractivity contribution in [2.75, 3.05) is 26.2 Å².